The third-order valence-corrected chi connectivity index (χ3v) is 3.38. The second kappa shape index (κ2) is 13.0. The molecule has 8 nitrogen and oxygen atoms in total. The highest BCUT2D eigenvalue weighted by atomic mass is 16.6. The quantitative estimate of drug-likeness (QED) is 0.515. The van der Waals surface area contributed by atoms with Crippen molar-refractivity contribution in [3.63, 3.8) is 0 Å². The van der Waals surface area contributed by atoms with Crippen molar-refractivity contribution in [2.75, 3.05) is 40.1 Å². The molecular formula is C18H27NO7. The van der Waals surface area contributed by atoms with E-state index in [-0.39, 0.29) is 6.61 Å². The molecule has 0 aliphatic rings. The predicted molar refractivity (Wildman–Crippen MR) is 94.4 cm³/mol. The van der Waals surface area contributed by atoms with Crippen LogP contribution in [0.1, 0.15) is 31.4 Å². The highest BCUT2D eigenvalue weighted by molar-refractivity contribution is 5.81. The lowest BCUT2D eigenvalue weighted by Crippen LogP contribution is -2.34. The molecule has 0 saturated carbocycles. The minimum atomic E-state index is -1.18. The van der Waals surface area contributed by atoms with Crippen LogP contribution < -0.4 is 10.1 Å². The summed E-state index contributed by atoms with van der Waals surface area (Å²) in [6.45, 7) is 4.05. The predicted octanol–water partition coefficient (Wildman–Crippen LogP) is 2.38. The van der Waals surface area contributed by atoms with E-state index in [9.17, 15) is 14.7 Å². The van der Waals surface area contributed by atoms with E-state index in [0.29, 0.717) is 37.7 Å². The molecule has 8 heteroatoms. The minimum Gasteiger partial charge on any atom is -0.491 e. The molecule has 0 aromatic heterocycles. The Morgan fingerprint density at radius 1 is 1.08 bits per heavy atom. The van der Waals surface area contributed by atoms with Gasteiger partial charge in [-0.15, -0.1) is 0 Å². The maximum absolute atomic E-state index is 11.7. The van der Waals surface area contributed by atoms with Gasteiger partial charge in [0.2, 0.25) is 0 Å². The molecule has 0 spiro atoms. The Bertz CT molecular complexity index is 533. The van der Waals surface area contributed by atoms with E-state index in [2.05, 4.69) is 5.32 Å². The molecule has 0 radical (unpaired) electrons. The standard InChI is InChI=1S/C18H27NO7/c1-3-4-9-26-18(22)19-16(17(20)21)14-5-7-15(8-6-14)25-13-12-24-11-10-23-2/h5-8,16H,3-4,9-13H2,1-2H3,(H,19,22)(H,20,21). The maximum Gasteiger partial charge on any atom is 0.408 e. The summed E-state index contributed by atoms with van der Waals surface area (Å²) in [5, 5.41) is 11.7. The van der Waals surface area contributed by atoms with Crippen LogP contribution in [-0.4, -0.2) is 57.3 Å². The maximum atomic E-state index is 11.7. The van der Waals surface area contributed by atoms with Crippen molar-refractivity contribution in [3.05, 3.63) is 29.8 Å². The van der Waals surface area contributed by atoms with Crippen LogP contribution in [0.4, 0.5) is 4.79 Å². The van der Waals surface area contributed by atoms with Crippen molar-refractivity contribution in [2.45, 2.75) is 25.8 Å². The first-order chi connectivity index (χ1) is 12.6. The van der Waals surface area contributed by atoms with Crippen LogP contribution in [-0.2, 0) is 19.0 Å². The molecule has 1 unspecified atom stereocenters. The van der Waals surface area contributed by atoms with E-state index in [1.165, 1.54) is 0 Å². The minimum absolute atomic E-state index is 0.258. The van der Waals surface area contributed by atoms with Crippen LogP contribution in [0.5, 0.6) is 5.75 Å². The number of ether oxygens (including phenoxy) is 4. The molecular weight excluding hydrogens is 342 g/mol. The van der Waals surface area contributed by atoms with E-state index in [4.69, 9.17) is 18.9 Å². The third kappa shape index (κ3) is 8.68. The van der Waals surface area contributed by atoms with Crippen molar-refractivity contribution in [1.29, 1.82) is 0 Å². The number of alkyl carbamates (subject to hydrolysis) is 1. The molecule has 0 aliphatic carbocycles. The number of hydrogen-bond donors (Lipinski definition) is 2. The summed E-state index contributed by atoms with van der Waals surface area (Å²) < 4.78 is 20.6. The van der Waals surface area contributed by atoms with Crippen LogP contribution in [0.15, 0.2) is 24.3 Å². The first-order valence-corrected chi connectivity index (χ1v) is 8.54. The van der Waals surface area contributed by atoms with Crippen LogP contribution in [0.25, 0.3) is 0 Å². The first kappa shape index (κ1) is 21.7. The number of carboxylic acids is 1. The van der Waals surface area contributed by atoms with E-state index in [0.717, 1.165) is 12.8 Å². The Kier molecular flexibility index (Phi) is 10.8. The second-order valence-corrected chi connectivity index (χ2v) is 5.43. The lowest BCUT2D eigenvalue weighted by atomic mass is 10.1. The summed E-state index contributed by atoms with van der Waals surface area (Å²) in [6.07, 6.45) is 0.861. The van der Waals surface area contributed by atoms with Crippen molar-refractivity contribution in [3.8, 4) is 5.75 Å². The van der Waals surface area contributed by atoms with Gasteiger partial charge in [0.25, 0.3) is 0 Å². The molecule has 1 atom stereocenters. The largest absolute Gasteiger partial charge is 0.491 e. The Morgan fingerprint density at radius 2 is 1.77 bits per heavy atom. The van der Waals surface area contributed by atoms with Crippen molar-refractivity contribution < 1.29 is 33.6 Å². The number of unbranched alkanes of at least 4 members (excludes halogenated alkanes) is 1. The first-order valence-electron chi connectivity index (χ1n) is 8.54. The SMILES string of the molecule is CCCCOC(=O)NC(C(=O)O)c1ccc(OCCOCCOC)cc1. The monoisotopic (exact) mass is 369 g/mol. The fourth-order valence-electron chi connectivity index (χ4n) is 1.98. The third-order valence-electron chi connectivity index (χ3n) is 3.38. The second-order valence-electron chi connectivity index (χ2n) is 5.43. The molecule has 1 aromatic carbocycles. The van der Waals surface area contributed by atoms with Gasteiger partial charge >= 0.3 is 12.1 Å². The number of amides is 1. The van der Waals surface area contributed by atoms with Crippen LogP contribution in [0.2, 0.25) is 0 Å². The Labute approximate surface area is 153 Å². The molecule has 0 fully saturated rings. The van der Waals surface area contributed by atoms with Gasteiger partial charge in [-0.2, -0.15) is 0 Å². The van der Waals surface area contributed by atoms with Gasteiger partial charge in [0, 0.05) is 7.11 Å². The summed E-state index contributed by atoms with van der Waals surface area (Å²) in [6, 6.07) is 5.28. The Hall–Kier alpha value is -2.32. The van der Waals surface area contributed by atoms with Crippen molar-refractivity contribution in [1.82, 2.24) is 5.32 Å². The number of carbonyl (C=O) groups excluding carboxylic acids is 1. The zero-order valence-corrected chi connectivity index (χ0v) is 15.2. The molecule has 0 heterocycles. The van der Waals surface area contributed by atoms with Crippen LogP contribution in [0, 0.1) is 0 Å². The van der Waals surface area contributed by atoms with Gasteiger partial charge in [-0.3, -0.25) is 0 Å². The smallest absolute Gasteiger partial charge is 0.408 e. The Balaban J connectivity index is 2.49. The summed E-state index contributed by atoms with van der Waals surface area (Å²) in [5.74, 6) is -0.587. The van der Waals surface area contributed by atoms with E-state index >= 15 is 0 Å². The van der Waals surface area contributed by atoms with Crippen molar-refractivity contribution in [2.24, 2.45) is 0 Å². The summed E-state index contributed by atoms with van der Waals surface area (Å²) in [4.78, 5) is 23.1. The van der Waals surface area contributed by atoms with E-state index in [1.807, 2.05) is 6.92 Å². The molecule has 0 saturated heterocycles. The zero-order valence-electron chi connectivity index (χ0n) is 15.2. The fourth-order valence-corrected chi connectivity index (χ4v) is 1.98. The molecule has 26 heavy (non-hydrogen) atoms. The van der Waals surface area contributed by atoms with Gasteiger partial charge in [-0.1, -0.05) is 25.5 Å². The van der Waals surface area contributed by atoms with Crippen LogP contribution >= 0.6 is 0 Å². The lowest BCUT2D eigenvalue weighted by Gasteiger charge is -2.15. The average molecular weight is 369 g/mol. The average Bonchev–Trinajstić information content (AvgIpc) is 2.63. The van der Waals surface area contributed by atoms with Crippen molar-refractivity contribution >= 4 is 12.1 Å². The number of hydrogen-bond acceptors (Lipinski definition) is 6. The van der Waals surface area contributed by atoms with Crippen LogP contribution in [0.3, 0.4) is 0 Å². The Morgan fingerprint density at radius 3 is 2.38 bits per heavy atom. The van der Waals surface area contributed by atoms with Gasteiger partial charge < -0.3 is 29.4 Å². The van der Waals surface area contributed by atoms with Gasteiger partial charge in [-0.25, -0.2) is 9.59 Å². The van der Waals surface area contributed by atoms with E-state index in [1.54, 1.807) is 31.4 Å². The van der Waals surface area contributed by atoms with Gasteiger partial charge in [-0.05, 0) is 24.1 Å². The number of benzene rings is 1. The molecule has 1 rings (SSSR count). The topological polar surface area (TPSA) is 103 Å². The summed E-state index contributed by atoms with van der Waals surface area (Å²) >= 11 is 0. The number of rotatable bonds is 13. The normalized spacial score (nSPS) is 11.6. The molecule has 1 amide bonds. The molecule has 0 bridgehead atoms. The number of carboxylic acid groups (broad SMARTS) is 1. The van der Waals surface area contributed by atoms with Gasteiger partial charge in [0.05, 0.1) is 26.4 Å². The number of aliphatic carboxylic acids is 1. The fraction of sp³-hybridized carbons (Fsp3) is 0.556. The zero-order chi connectivity index (χ0) is 19.2. The van der Waals surface area contributed by atoms with E-state index < -0.39 is 18.1 Å². The van der Waals surface area contributed by atoms with Gasteiger partial charge in [0.1, 0.15) is 12.4 Å². The number of nitrogens with one attached hydrogen (secondary N) is 1. The number of carbonyl (C=O) groups is 2. The molecule has 146 valence electrons. The summed E-state index contributed by atoms with van der Waals surface area (Å²) in [7, 11) is 1.60. The lowest BCUT2D eigenvalue weighted by molar-refractivity contribution is -0.139. The molecule has 2 N–H and O–H groups in total. The molecule has 0 aliphatic heterocycles. The highest BCUT2D eigenvalue weighted by Gasteiger charge is 2.22. The van der Waals surface area contributed by atoms with Gasteiger partial charge in [0.15, 0.2) is 6.04 Å². The highest BCUT2D eigenvalue weighted by Crippen LogP contribution is 2.18. The number of methoxy groups -OCH3 is 1. The molecule has 1 aromatic rings. The summed E-state index contributed by atoms with van der Waals surface area (Å²) in [5.41, 5.74) is 0.425.